The molecule has 20 heavy (non-hydrogen) atoms. The molecule has 106 valence electrons. The van der Waals surface area contributed by atoms with Gasteiger partial charge in [-0.2, -0.15) is 0 Å². The zero-order valence-electron chi connectivity index (χ0n) is 11.4. The van der Waals surface area contributed by atoms with Crippen molar-refractivity contribution in [1.82, 2.24) is 10.3 Å². The lowest BCUT2D eigenvalue weighted by Crippen LogP contribution is -2.38. The molecule has 5 heteroatoms. The first-order valence-electron chi connectivity index (χ1n) is 6.64. The minimum Gasteiger partial charge on any atom is -0.481 e. The molecule has 5 nitrogen and oxygen atoms in total. The normalized spacial score (nSPS) is 21.4. The first-order chi connectivity index (χ1) is 9.59. The smallest absolute Gasteiger partial charge is 0.307 e. The van der Waals surface area contributed by atoms with E-state index in [4.69, 9.17) is 5.11 Å². The van der Waals surface area contributed by atoms with Crippen molar-refractivity contribution in [3.8, 4) is 0 Å². The van der Waals surface area contributed by atoms with Crippen molar-refractivity contribution < 1.29 is 14.7 Å². The predicted octanol–water partition coefficient (Wildman–Crippen LogP) is 1.67. The van der Waals surface area contributed by atoms with Crippen molar-refractivity contribution in [2.45, 2.75) is 26.3 Å². The molecular weight excluding hydrogens is 256 g/mol. The van der Waals surface area contributed by atoms with Crippen LogP contribution in [0.2, 0.25) is 0 Å². The molecule has 0 unspecified atom stereocenters. The minimum atomic E-state index is -0.908. The van der Waals surface area contributed by atoms with Crippen LogP contribution >= 0.6 is 0 Å². The van der Waals surface area contributed by atoms with E-state index in [1.165, 1.54) is 0 Å². The van der Waals surface area contributed by atoms with Gasteiger partial charge in [0.1, 0.15) is 0 Å². The van der Waals surface area contributed by atoms with E-state index in [1.54, 1.807) is 12.4 Å². The van der Waals surface area contributed by atoms with Crippen LogP contribution in [0.3, 0.4) is 0 Å². The van der Waals surface area contributed by atoms with E-state index in [0.29, 0.717) is 19.4 Å². The molecule has 1 aromatic rings. The van der Waals surface area contributed by atoms with Gasteiger partial charge in [-0.3, -0.25) is 14.6 Å². The average Bonchev–Trinajstić information content (AvgIpc) is 2.46. The molecule has 1 aromatic heterocycles. The number of aromatic nitrogens is 1. The average molecular weight is 274 g/mol. The zero-order valence-corrected chi connectivity index (χ0v) is 11.4. The van der Waals surface area contributed by atoms with E-state index in [1.807, 2.05) is 25.1 Å². The van der Waals surface area contributed by atoms with Crippen LogP contribution in [0.5, 0.6) is 0 Å². The van der Waals surface area contributed by atoms with Crippen LogP contribution in [0.25, 0.3) is 0 Å². The third kappa shape index (κ3) is 3.23. The number of carboxylic acid groups (broad SMARTS) is 1. The molecule has 0 aliphatic heterocycles. The summed E-state index contributed by atoms with van der Waals surface area (Å²) in [4.78, 5) is 27.3. The standard InChI is InChI=1S/C15H18N2O3/c1-10-8-16-7-6-11(10)9-17-14(18)12-4-2-3-5-13(12)15(19)20/h2-3,6-8,12-13H,4-5,9H2,1H3,(H,17,18)(H,19,20)/t12-,13+/m1/s1. The Balaban J connectivity index is 1.99. The van der Waals surface area contributed by atoms with E-state index in [0.717, 1.165) is 11.1 Å². The summed E-state index contributed by atoms with van der Waals surface area (Å²) >= 11 is 0. The number of amides is 1. The summed E-state index contributed by atoms with van der Waals surface area (Å²) in [6.07, 6.45) is 8.03. The highest BCUT2D eigenvalue weighted by atomic mass is 16.4. The lowest BCUT2D eigenvalue weighted by molar-refractivity contribution is -0.147. The largest absolute Gasteiger partial charge is 0.481 e. The molecule has 0 saturated carbocycles. The Morgan fingerprint density at radius 1 is 1.35 bits per heavy atom. The third-order valence-corrected chi connectivity index (χ3v) is 3.68. The molecule has 0 saturated heterocycles. The van der Waals surface area contributed by atoms with Crippen molar-refractivity contribution in [3.63, 3.8) is 0 Å². The molecule has 0 aromatic carbocycles. The van der Waals surface area contributed by atoms with Crippen molar-refractivity contribution in [1.29, 1.82) is 0 Å². The van der Waals surface area contributed by atoms with E-state index in [2.05, 4.69) is 10.3 Å². The van der Waals surface area contributed by atoms with Gasteiger partial charge in [0.2, 0.25) is 5.91 Å². The predicted molar refractivity (Wildman–Crippen MR) is 73.8 cm³/mol. The maximum atomic E-state index is 12.2. The highest BCUT2D eigenvalue weighted by Crippen LogP contribution is 2.26. The van der Waals surface area contributed by atoms with Crippen LogP contribution in [0.1, 0.15) is 24.0 Å². The van der Waals surface area contributed by atoms with Crippen LogP contribution in [-0.4, -0.2) is 22.0 Å². The first-order valence-corrected chi connectivity index (χ1v) is 6.64. The Morgan fingerprint density at radius 3 is 2.70 bits per heavy atom. The number of nitrogens with zero attached hydrogens (tertiary/aromatic N) is 1. The summed E-state index contributed by atoms with van der Waals surface area (Å²) in [6.45, 7) is 2.33. The van der Waals surface area contributed by atoms with Gasteiger partial charge in [0.15, 0.2) is 0 Å². The van der Waals surface area contributed by atoms with Gasteiger partial charge in [-0.1, -0.05) is 12.2 Å². The lowest BCUT2D eigenvalue weighted by atomic mass is 9.82. The Hall–Kier alpha value is -2.17. The topological polar surface area (TPSA) is 79.3 Å². The zero-order chi connectivity index (χ0) is 14.5. The molecule has 0 bridgehead atoms. The summed E-state index contributed by atoms with van der Waals surface area (Å²) < 4.78 is 0. The van der Waals surface area contributed by atoms with E-state index >= 15 is 0 Å². The Labute approximate surface area is 117 Å². The number of aryl methyl sites for hydroxylation is 1. The van der Waals surface area contributed by atoms with Crippen molar-refractivity contribution in [3.05, 3.63) is 41.7 Å². The summed E-state index contributed by atoms with van der Waals surface area (Å²) in [7, 11) is 0. The second-order valence-electron chi connectivity index (χ2n) is 5.01. The molecule has 2 rings (SSSR count). The van der Waals surface area contributed by atoms with Gasteiger partial charge in [0, 0.05) is 18.9 Å². The summed E-state index contributed by atoms with van der Waals surface area (Å²) in [5.41, 5.74) is 2.00. The van der Waals surface area contributed by atoms with E-state index in [9.17, 15) is 9.59 Å². The third-order valence-electron chi connectivity index (χ3n) is 3.68. The first kappa shape index (κ1) is 14.2. The fourth-order valence-corrected chi connectivity index (χ4v) is 2.39. The number of pyridine rings is 1. The molecule has 1 amide bonds. The van der Waals surface area contributed by atoms with Crippen molar-refractivity contribution in [2.24, 2.45) is 11.8 Å². The highest BCUT2D eigenvalue weighted by Gasteiger charge is 2.33. The number of carbonyl (C=O) groups excluding carboxylic acids is 1. The fraction of sp³-hybridized carbons (Fsp3) is 0.400. The Bertz CT molecular complexity index is 540. The summed E-state index contributed by atoms with van der Waals surface area (Å²) in [5.74, 6) is -2.22. The maximum absolute atomic E-state index is 12.2. The SMILES string of the molecule is Cc1cnccc1CNC(=O)[C@@H]1CC=CC[C@@H]1C(=O)O. The maximum Gasteiger partial charge on any atom is 0.307 e. The highest BCUT2D eigenvalue weighted by molar-refractivity contribution is 5.85. The van der Waals surface area contributed by atoms with Gasteiger partial charge in [-0.15, -0.1) is 0 Å². The quantitative estimate of drug-likeness (QED) is 0.819. The van der Waals surface area contributed by atoms with Gasteiger partial charge >= 0.3 is 5.97 Å². The van der Waals surface area contributed by atoms with Gasteiger partial charge in [-0.25, -0.2) is 0 Å². The lowest BCUT2D eigenvalue weighted by Gasteiger charge is -2.24. The number of nitrogens with one attached hydrogen (secondary N) is 1. The number of rotatable bonds is 4. The molecule has 0 fully saturated rings. The van der Waals surface area contributed by atoms with E-state index in [-0.39, 0.29) is 5.91 Å². The van der Waals surface area contributed by atoms with Gasteiger partial charge in [0.25, 0.3) is 0 Å². The number of hydrogen-bond donors (Lipinski definition) is 2. The van der Waals surface area contributed by atoms with Crippen LogP contribution in [-0.2, 0) is 16.1 Å². The number of carbonyl (C=O) groups is 2. The molecule has 1 aliphatic carbocycles. The van der Waals surface area contributed by atoms with Crippen LogP contribution in [0, 0.1) is 18.8 Å². The van der Waals surface area contributed by atoms with Crippen LogP contribution in [0.15, 0.2) is 30.6 Å². The Kier molecular flexibility index (Phi) is 4.50. The summed E-state index contributed by atoms with van der Waals surface area (Å²) in [5, 5.41) is 12.0. The van der Waals surface area contributed by atoms with Gasteiger partial charge in [0.05, 0.1) is 11.8 Å². The van der Waals surface area contributed by atoms with Crippen LogP contribution < -0.4 is 5.32 Å². The van der Waals surface area contributed by atoms with E-state index < -0.39 is 17.8 Å². The molecule has 1 aliphatic rings. The number of allylic oxidation sites excluding steroid dienone is 2. The van der Waals surface area contributed by atoms with Crippen LogP contribution in [0.4, 0.5) is 0 Å². The second-order valence-corrected chi connectivity index (χ2v) is 5.01. The molecule has 2 N–H and O–H groups in total. The van der Waals surface area contributed by atoms with Gasteiger partial charge in [-0.05, 0) is 37.0 Å². The van der Waals surface area contributed by atoms with Crippen molar-refractivity contribution >= 4 is 11.9 Å². The van der Waals surface area contributed by atoms with Crippen molar-refractivity contribution in [2.75, 3.05) is 0 Å². The molecule has 1 heterocycles. The number of aliphatic carboxylic acids is 1. The fourth-order valence-electron chi connectivity index (χ4n) is 2.39. The number of hydrogen-bond acceptors (Lipinski definition) is 3. The second kappa shape index (κ2) is 6.32. The molecular formula is C15H18N2O3. The monoisotopic (exact) mass is 274 g/mol. The van der Waals surface area contributed by atoms with Gasteiger partial charge < -0.3 is 10.4 Å². The Morgan fingerprint density at radius 2 is 2.05 bits per heavy atom. The molecule has 0 radical (unpaired) electrons. The minimum absolute atomic E-state index is 0.196. The summed E-state index contributed by atoms with van der Waals surface area (Å²) in [6, 6.07) is 1.85. The molecule has 0 spiro atoms. The number of carboxylic acids is 1. The molecule has 2 atom stereocenters.